The van der Waals surface area contributed by atoms with Crippen LogP contribution in [0.15, 0.2) is 18.2 Å². The van der Waals surface area contributed by atoms with E-state index < -0.39 is 0 Å². The first-order chi connectivity index (χ1) is 10.0. The number of benzene rings is 1. The number of ether oxygens (including phenoxy) is 1. The van der Waals surface area contributed by atoms with E-state index in [4.69, 9.17) is 22.1 Å². The van der Waals surface area contributed by atoms with Gasteiger partial charge in [-0.05, 0) is 38.1 Å². The van der Waals surface area contributed by atoms with Gasteiger partial charge in [-0.15, -0.1) is 0 Å². The summed E-state index contributed by atoms with van der Waals surface area (Å²) < 4.78 is 5.58. The molecule has 0 aliphatic carbocycles. The van der Waals surface area contributed by atoms with Gasteiger partial charge in [-0.1, -0.05) is 11.6 Å². The SMILES string of the molecule is CN(CCC(=O)Nc1ccc(Cl)c(N)c1)CC1CCCO1. The van der Waals surface area contributed by atoms with Crippen molar-refractivity contribution in [2.24, 2.45) is 0 Å². The fourth-order valence-electron chi connectivity index (χ4n) is 2.36. The molecular formula is C15H22ClN3O2. The highest BCUT2D eigenvalue weighted by atomic mass is 35.5. The number of nitrogens with zero attached hydrogens (tertiary/aromatic N) is 1. The van der Waals surface area contributed by atoms with Gasteiger partial charge in [0, 0.05) is 31.8 Å². The topological polar surface area (TPSA) is 67.6 Å². The van der Waals surface area contributed by atoms with Crippen molar-refractivity contribution in [2.45, 2.75) is 25.4 Å². The summed E-state index contributed by atoms with van der Waals surface area (Å²) in [7, 11) is 2.01. The zero-order valence-corrected chi connectivity index (χ0v) is 13.0. The lowest BCUT2D eigenvalue weighted by atomic mass is 10.2. The third-order valence-corrected chi connectivity index (χ3v) is 3.88. The molecule has 1 heterocycles. The lowest BCUT2D eigenvalue weighted by Gasteiger charge is -2.20. The highest BCUT2D eigenvalue weighted by Crippen LogP contribution is 2.22. The molecule has 1 atom stereocenters. The van der Waals surface area contributed by atoms with Crippen LogP contribution in [0.25, 0.3) is 0 Å². The highest BCUT2D eigenvalue weighted by Gasteiger charge is 2.17. The Kier molecular flexibility index (Phi) is 5.85. The Morgan fingerprint density at radius 1 is 1.57 bits per heavy atom. The molecule has 0 saturated carbocycles. The van der Waals surface area contributed by atoms with Crippen LogP contribution in [0.4, 0.5) is 11.4 Å². The van der Waals surface area contributed by atoms with E-state index in [9.17, 15) is 4.79 Å². The largest absolute Gasteiger partial charge is 0.397 e. The Morgan fingerprint density at radius 2 is 2.38 bits per heavy atom. The van der Waals surface area contributed by atoms with Crippen molar-refractivity contribution in [3.8, 4) is 0 Å². The summed E-state index contributed by atoms with van der Waals surface area (Å²) in [4.78, 5) is 14.0. The maximum Gasteiger partial charge on any atom is 0.225 e. The normalized spacial score (nSPS) is 18.1. The van der Waals surface area contributed by atoms with Gasteiger partial charge in [-0.25, -0.2) is 0 Å². The number of halogens is 1. The molecule has 0 radical (unpaired) electrons. The Hall–Kier alpha value is -1.30. The van der Waals surface area contributed by atoms with Crippen LogP contribution in [0.3, 0.4) is 0 Å². The molecule has 6 heteroatoms. The smallest absolute Gasteiger partial charge is 0.225 e. The lowest BCUT2D eigenvalue weighted by molar-refractivity contribution is -0.116. The second-order valence-corrected chi connectivity index (χ2v) is 5.84. The van der Waals surface area contributed by atoms with Gasteiger partial charge in [0.15, 0.2) is 0 Å². The fraction of sp³-hybridized carbons (Fsp3) is 0.533. The third-order valence-electron chi connectivity index (χ3n) is 3.54. The number of nitrogen functional groups attached to an aromatic ring is 1. The summed E-state index contributed by atoms with van der Waals surface area (Å²) >= 11 is 5.84. The second kappa shape index (κ2) is 7.64. The average Bonchev–Trinajstić information content (AvgIpc) is 2.93. The van der Waals surface area contributed by atoms with Crippen molar-refractivity contribution in [3.05, 3.63) is 23.2 Å². The highest BCUT2D eigenvalue weighted by molar-refractivity contribution is 6.33. The van der Waals surface area contributed by atoms with Crippen molar-refractivity contribution in [1.29, 1.82) is 0 Å². The summed E-state index contributed by atoms with van der Waals surface area (Å²) in [5.74, 6) is -0.0316. The number of nitrogens with two attached hydrogens (primary N) is 1. The van der Waals surface area contributed by atoms with Crippen molar-refractivity contribution < 1.29 is 9.53 Å². The molecule has 1 aliphatic rings. The number of anilines is 2. The minimum Gasteiger partial charge on any atom is -0.397 e. The molecule has 3 N–H and O–H groups in total. The Labute approximate surface area is 130 Å². The monoisotopic (exact) mass is 311 g/mol. The van der Waals surface area contributed by atoms with Gasteiger partial charge < -0.3 is 20.7 Å². The van der Waals surface area contributed by atoms with Gasteiger partial charge in [-0.3, -0.25) is 4.79 Å². The van der Waals surface area contributed by atoms with Crippen LogP contribution in [-0.2, 0) is 9.53 Å². The number of hydrogen-bond donors (Lipinski definition) is 2. The van der Waals surface area contributed by atoms with Crippen LogP contribution in [0.1, 0.15) is 19.3 Å². The van der Waals surface area contributed by atoms with Crippen LogP contribution >= 0.6 is 11.6 Å². The molecule has 1 aliphatic heterocycles. The molecular weight excluding hydrogens is 290 g/mol. The van der Waals surface area contributed by atoms with Gasteiger partial charge in [-0.2, -0.15) is 0 Å². The molecule has 1 unspecified atom stereocenters. The molecule has 1 saturated heterocycles. The van der Waals surface area contributed by atoms with Crippen LogP contribution in [0, 0.1) is 0 Å². The van der Waals surface area contributed by atoms with Gasteiger partial charge in [0.2, 0.25) is 5.91 Å². The molecule has 116 valence electrons. The van der Waals surface area contributed by atoms with E-state index >= 15 is 0 Å². The molecule has 1 fully saturated rings. The maximum absolute atomic E-state index is 11.9. The van der Waals surface area contributed by atoms with E-state index in [0.717, 1.165) is 26.0 Å². The average molecular weight is 312 g/mol. The summed E-state index contributed by atoms with van der Waals surface area (Å²) in [5.41, 5.74) is 6.84. The minimum absolute atomic E-state index is 0.0316. The molecule has 1 amide bonds. The molecule has 0 aromatic heterocycles. The van der Waals surface area contributed by atoms with Crippen LogP contribution in [0.5, 0.6) is 0 Å². The number of likely N-dealkylation sites (N-methyl/N-ethyl adjacent to an activating group) is 1. The van der Waals surface area contributed by atoms with E-state index in [0.29, 0.717) is 35.5 Å². The van der Waals surface area contributed by atoms with Crippen molar-refractivity contribution in [2.75, 3.05) is 37.8 Å². The number of nitrogens with one attached hydrogen (secondary N) is 1. The second-order valence-electron chi connectivity index (χ2n) is 5.43. The standard InChI is InChI=1S/C15H22ClN3O2/c1-19(10-12-3-2-8-21-12)7-6-15(20)18-11-4-5-13(16)14(17)9-11/h4-5,9,12H,2-3,6-8,10,17H2,1H3,(H,18,20). The van der Waals surface area contributed by atoms with Crippen LogP contribution in [-0.4, -0.2) is 43.7 Å². The maximum atomic E-state index is 11.9. The number of carbonyl (C=O) groups excluding carboxylic acids is 1. The summed E-state index contributed by atoms with van der Waals surface area (Å²) in [5, 5.41) is 3.31. The van der Waals surface area contributed by atoms with Crippen molar-refractivity contribution in [3.63, 3.8) is 0 Å². The first kappa shape index (κ1) is 16.1. The number of carbonyl (C=O) groups is 1. The third kappa shape index (κ3) is 5.19. The Morgan fingerprint density at radius 3 is 3.05 bits per heavy atom. The summed E-state index contributed by atoms with van der Waals surface area (Å²) in [6.07, 6.45) is 3.00. The Bertz CT molecular complexity index is 490. The molecule has 21 heavy (non-hydrogen) atoms. The van der Waals surface area contributed by atoms with E-state index in [1.807, 2.05) is 7.05 Å². The zero-order valence-electron chi connectivity index (χ0n) is 12.3. The number of amides is 1. The van der Waals surface area contributed by atoms with Crippen molar-refractivity contribution in [1.82, 2.24) is 4.90 Å². The summed E-state index contributed by atoms with van der Waals surface area (Å²) in [6.45, 7) is 2.44. The molecule has 5 nitrogen and oxygen atoms in total. The predicted molar refractivity (Wildman–Crippen MR) is 85.6 cm³/mol. The van der Waals surface area contributed by atoms with Crippen LogP contribution < -0.4 is 11.1 Å². The van der Waals surface area contributed by atoms with Gasteiger partial charge >= 0.3 is 0 Å². The summed E-state index contributed by atoms with van der Waals surface area (Å²) in [6, 6.07) is 5.08. The van der Waals surface area contributed by atoms with Gasteiger partial charge in [0.05, 0.1) is 16.8 Å². The van der Waals surface area contributed by atoms with Gasteiger partial charge in [0.25, 0.3) is 0 Å². The van der Waals surface area contributed by atoms with E-state index in [2.05, 4.69) is 10.2 Å². The van der Waals surface area contributed by atoms with Gasteiger partial charge in [0.1, 0.15) is 0 Å². The van der Waals surface area contributed by atoms with Crippen molar-refractivity contribution >= 4 is 28.9 Å². The predicted octanol–water partition coefficient (Wildman–Crippen LogP) is 2.36. The molecule has 0 bridgehead atoms. The van der Waals surface area contributed by atoms with E-state index in [-0.39, 0.29) is 5.91 Å². The fourth-order valence-corrected chi connectivity index (χ4v) is 2.48. The molecule has 0 spiro atoms. The lowest BCUT2D eigenvalue weighted by Crippen LogP contribution is -2.31. The van der Waals surface area contributed by atoms with E-state index in [1.165, 1.54) is 0 Å². The first-order valence-corrected chi connectivity index (χ1v) is 7.57. The van der Waals surface area contributed by atoms with E-state index in [1.54, 1.807) is 18.2 Å². The minimum atomic E-state index is -0.0316. The Balaban J connectivity index is 1.72. The molecule has 1 aromatic rings. The number of rotatable bonds is 6. The van der Waals surface area contributed by atoms with Crippen LogP contribution in [0.2, 0.25) is 5.02 Å². The first-order valence-electron chi connectivity index (χ1n) is 7.19. The molecule has 2 rings (SSSR count). The number of hydrogen-bond acceptors (Lipinski definition) is 4. The zero-order chi connectivity index (χ0) is 15.2. The quantitative estimate of drug-likeness (QED) is 0.791. The molecule has 1 aromatic carbocycles.